The van der Waals surface area contributed by atoms with Gasteiger partial charge in [0.1, 0.15) is 0 Å². The van der Waals surface area contributed by atoms with Crippen LogP contribution in [0.15, 0.2) is 29.3 Å². The zero-order valence-corrected chi connectivity index (χ0v) is 8.93. The number of aliphatic imine (C=N–C) groups is 1. The lowest BCUT2D eigenvalue weighted by Crippen LogP contribution is -2.37. The summed E-state index contributed by atoms with van der Waals surface area (Å²) >= 11 is 5.86. The predicted molar refractivity (Wildman–Crippen MR) is 61.4 cm³/mol. The second-order valence-corrected chi connectivity index (χ2v) is 4.46. The van der Waals surface area contributed by atoms with Crippen LogP contribution in [-0.4, -0.2) is 13.3 Å². The van der Waals surface area contributed by atoms with Crippen molar-refractivity contribution < 1.29 is 0 Å². The molecule has 1 nitrogen and oxygen atoms in total. The van der Waals surface area contributed by atoms with Gasteiger partial charge in [0.15, 0.2) is 0 Å². The Morgan fingerprint density at radius 2 is 1.93 bits per heavy atom. The van der Waals surface area contributed by atoms with Crippen LogP contribution in [0.3, 0.4) is 0 Å². The standard InChI is InChI=1S/C12H14ClN/c1-14-9-12(7-2-8-12)10-3-5-11(13)6-4-10/h3-6H,1-2,7-9H2. The van der Waals surface area contributed by atoms with Gasteiger partial charge in [-0.2, -0.15) is 0 Å². The predicted octanol–water partition coefficient (Wildman–Crippen LogP) is 3.46. The molecule has 2 heteroatoms. The molecule has 14 heavy (non-hydrogen) atoms. The molecule has 1 aromatic rings. The minimum Gasteiger partial charge on any atom is -0.300 e. The fourth-order valence-electron chi connectivity index (χ4n) is 2.16. The van der Waals surface area contributed by atoms with Gasteiger partial charge >= 0.3 is 0 Å². The molecule has 2 rings (SSSR count). The zero-order chi connectivity index (χ0) is 10.0. The van der Waals surface area contributed by atoms with Crippen LogP contribution in [0.25, 0.3) is 0 Å². The number of benzene rings is 1. The molecule has 1 aliphatic rings. The first kappa shape index (κ1) is 9.72. The summed E-state index contributed by atoms with van der Waals surface area (Å²) in [4.78, 5) is 4.05. The second-order valence-electron chi connectivity index (χ2n) is 4.02. The maximum atomic E-state index is 5.86. The fraction of sp³-hybridized carbons (Fsp3) is 0.417. The average Bonchev–Trinajstić information content (AvgIpc) is 2.13. The van der Waals surface area contributed by atoms with Gasteiger partial charge in [-0.1, -0.05) is 30.2 Å². The van der Waals surface area contributed by atoms with Gasteiger partial charge in [0.25, 0.3) is 0 Å². The van der Waals surface area contributed by atoms with E-state index in [1.54, 1.807) is 0 Å². The van der Waals surface area contributed by atoms with Crippen LogP contribution >= 0.6 is 11.6 Å². The molecule has 0 aromatic heterocycles. The highest BCUT2D eigenvalue weighted by Crippen LogP contribution is 2.44. The number of halogens is 1. The number of rotatable bonds is 3. The van der Waals surface area contributed by atoms with Crippen LogP contribution in [0.5, 0.6) is 0 Å². The highest BCUT2D eigenvalue weighted by Gasteiger charge is 2.37. The van der Waals surface area contributed by atoms with Crippen LogP contribution in [-0.2, 0) is 5.41 Å². The lowest BCUT2D eigenvalue weighted by molar-refractivity contribution is 0.254. The van der Waals surface area contributed by atoms with Crippen molar-refractivity contribution in [3.63, 3.8) is 0 Å². The van der Waals surface area contributed by atoms with Crippen LogP contribution in [0.4, 0.5) is 0 Å². The average molecular weight is 208 g/mol. The van der Waals surface area contributed by atoms with E-state index in [1.165, 1.54) is 24.8 Å². The van der Waals surface area contributed by atoms with Gasteiger partial charge in [0.05, 0.1) is 0 Å². The van der Waals surface area contributed by atoms with E-state index < -0.39 is 0 Å². The van der Waals surface area contributed by atoms with Gasteiger partial charge in [-0.05, 0) is 37.3 Å². The Morgan fingerprint density at radius 1 is 1.29 bits per heavy atom. The Bertz CT molecular complexity index is 325. The van der Waals surface area contributed by atoms with Crippen LogP contribution in [0, 0.1) is 0 Å². The first-order valence-electron chi connectivity index (χ1n) is 4.95. The van der Waals surface area contributed by atoms with Gasteiger partial charge in [-0.15, -0.1) is 0 Å². The van der Waals surface area contributed by atoms with Crippen molar-refractivity contribution >= 4 is 18.3 Å². The van der Waals surface area contributed by atoms with E-state index in [9.17, 15) is 0 Å². The van der Waals surface area contributed by atoms with Crippen LogP contribution in [0.2, 0.25) is 5.02 Å². The molecule has 0 saturated heterocycles. The molecular weight excluding hydrogens is 194 g/mol. The van der Waals surface area contributed by atoms with E-state index >= 15 is 0 Å². The lowest BCUT2D eigenvalue weighted by atomic mass is 9.64. The van der Waals surface area contributed by atoms with E-state index in [0.29, 0.717) is 0 Å². The molecule has 0 N–H and O–H groups in total. The minimum absolute atomic E-state index is 0.270. The summed E-state index contributed by atoms with van der Waals surface area (Å²) in [5, 5.41) is 0.801. The zero-order valence-electron chi connectivity index (χ0n) is 8.17. The van der Waals surface area contributed by atoms with Gasteiger partial charge in [0.2, 0.25) is 0 Å². The van der Waals surface area contributed by atoms with Crippen molar-refractivity contribution in [1.29, 1.82) is 0 Å². The van der Waals surface area contributed by atoms with E-state index in [2.05, 4.69) is 23.8 Å². The molecule has 74 valence electrons. The highest BCUT2D eigenvalue weighted by molar-refractivity contribution is 6.30. The smallest absolute Gasteiger partial charge is 0.0479 e. The Kier molecular flexibility index (Phi) is 2.60. The monoisotopic (exact) mass is 207 g/mol. The molecule has 0 amide bonds. The largest absolute Gasteiger partial charge is 0.300 e. The molecule has 0 bridgehead atoms. The van der Waals surface area contributed by atoms with E-state index in [1.807, 2.05) is 12.1 Å². The molecule has 1 saturated carbocycles. The van der Waals surface area contributed by atoms with Crippen molar-refractivity contribution in [2.45, 2.75) is 24.7 Å². The van der Waals surface area contributed by atoms with E-state index in [4.69, 9.17) is 11.6 Å². The van der Waals surface area contributed by atoms with Crippen molar-refractivity contribution in [3.8, 4) is 0 Å². The normalized spacial score (nSPS) is 18.6. The summed E-state index contributed by atoms with van der Waals surface area (Å²) in [6.07, 6.45) is 3.76. The number of hydrogen-bond donors (Lipinski definition) is 0. The SMILES string of the molecule is C=NCC1(c2ccc(Cl)cc2)CCC1. The number of hydrogen-bond acceptors (Lipinski definition) is 1. The summed E-state index contributed by atoms with van der Waals surface area (Å²) in [5.74, 6) is 0. The van der Waals surface area contributed by atoms with Crippen molar-refractivity contribution in [3.05, 3.63) is 34.9 Å². The van der Waals surface area contributed by atoms with Gasteiger partial charge < -0.3 is 4.99 Å². The first-order valence-corrected chi connectivity index (χ1v) is 5.33. The Morgan fingerprint density at radius 3 is 2.36 bits per heavy atom. The highest BCUT2D eigenvalue weighted by atomic mass is 35.5. The molecule has 0 unspecified atom stereocenters. The molecule has 0 spiro atoms. The molecule has 0 atom stereocenters. The van der Waals surface area contributed by atoms with Crippen LogP contribution in [0.1, 0.15) is 24.8 Å². The molecular formula is C12H14ClN. The molecule has 0 radical (unpaired) electrons. The fourth-order valence-corrected chi connectivity index (χ4v) is 2.29. The second kappa shape index (κ2) is 3.74. The Labute approximate surface area is 89.8 Å². The van der Waals surface area contributed by atoms with E-state index in [-0.39, 0.29) is 5.41 Å². The lowest BCUT2D eigenvalue weighted by Gasteiger charge is -2.41. The number of nitrogens with zero attached hydrogens (tertiary/aromatic N) is 1. The third-order valence-electron chi connectivity index (χ3n) is 3.18. The van der Waals surface area contributed by atoms with E-state index in [0.717, 1.165) is 11.6 Å². The molecule has 1 fully saturated rings. The summed E-state index contributed by atoms with van der Waals surface area (Å²) in [6.45, 7) is 4.44. The third kappa shape index (κ3) is 1.57. The molecule has 1 aromatic carbocycles. The van der Waals surface area contributed by atoms with Gasteiger partial charge in [0, 0.05) is 17.0 Å². The minimum atomic E-state index is 0.270. The topological polar surface area (TPSA) is 12.4 Å². The summed E-state index contributed by atoms with van der Waals surface area (Å²) in [7, 11) is 0. The maximum absolute atomic E-state index is 5.86. The third-order valence-corrected chi connectivity index (χ3v) is 3.43. The Hall–Kier alpha value is -0.820. The molecule has 1 aliphatic carbocycles. The Balaban J connectivity index is 2.27. The summed E-state index contributed by atoms with van der Waals surface area (Å²) < 4.78 is 0. The van der Waals surface area contributed by atoms with Crippen molar-refractivity contribution in [2.24, 2.45) is 4.99 Å². The van der Waals surface area contributed by atoms with Crippen molar-refractivity contribution in [1.82, 2.24) is 0 Å². The summed E-state index contributed by atoms with van der Waals surface area (Å²) in [6, 6.07) is 8.15. The van der Waals surface area contributed by atoms with Gasteiger partial charge in [-0.25, -0.2) is 0 Å². The summed E-state index contributed by atoms with van der Waals surface area (Å²) in [5.41, 5.74) is 1.63. The van der Waals surface area contributed by atoms with Crippen molar-refractivity contribution in [2.75, 3.05) is 6.54 Å². The first-order chi connectivity index (χ1) is 6.77. The maximum Gasteiger partial charge on any atom is 0.0479 e. The quantitative estimate of drug-likeness (QED) is 0.674. The molecule has 0 heterocycles. The molecule has 0 aliphatic heterocycles. The van der Waals surface area contributed by atoms with Gasteiger partial charge in [-0.3, -0.25) is 0 Å². The van der Waals surface area contributed by atoms with Crippen LogP contribution < -0.4 is 0 Å².